The van der Waals surface area contributed by atoms with Crippen molar-refractivity contribution in [2.24, 2.45) is 0 Å². The van der Waals surface area contributed by atoms with E-state index in [1.54, 1.807) is 23.0 Å². The number of hydrogen-bond donors (Lipinski definition) is 1. The number of aryl methyl sites for hydroxylation is 1. The topological polar surface area (TPSA) is 81.7 Å². The number of tetrazole rings is 1. The molecule has 0 aliphatic carbocycles. The highest BCUT2D eigenvalue weighted by Gasteiger charge is 2.04. The van der Waals surface area contributed by atoms with Gasteiger partial charge in [-0.3, -0.25) is 0 Å². The van der Waals surface area contributed by atoms with Gasteiger partial charge in [-0.05, 0) is 29.5 Å². The van der Waals surface area contributed by atoms with Crippen molar-refractivity contribution >= 4 is 12.0 Å². The van der Waals surface area contributed by atoms with E-state index in [1.165, 1.54) is 0 Å². The van der Waals surface area contributed by atoms with Crippen LogP contribution in [0.1, 0.15) is 11.5 Å². The van der Waals surface area contributed by atoms with Crippen LogP contribution in [0, 0.1) is 6.92 Å². The van der Waals surface area contributed by atoms with Gasteiger partial charge in [0.25, 0.3) is 0 Å². The Balaban J connectivity index is 1.77. The third-order valence-electron chi connectivity index (χ3n) is 2.58. The van der Waals surface area contributed by atoms with Gasteiger partial charge in [0.05, 0.1) is 11.4 Å². The molecule has 0 spiro atoms. The number of aromatic nitrogens is 5. The van der Waals surface area contributed by atoms with E-state index in [4.69, 9.17) is 4.52 Å². The monoisotopic (exact) mass is 268 g/mol. The highest BCUT2D eigenvalue weighted by Crippen LogP contribution is 2.10. The molecule has 2 heterocycles. The Labute approximate surface area is 114 Å². The van der Waals surface area contributed by atoms with Gasteiger partial charge < -0.3 is 9.84 Å². The van der Waals surface area contributed by atoms with Crippen LogP contribution in [0.5, 0.6) is 0 Å². The summed E-state index contributed by atoms with van der Waals surface area (Å²) in [7, 11) is 0. The van der Waals surface area contributed by atoms with Crippen LogP contribution in [-0.4, -0.2) is 25.4 Å². The molecule has 0 saturated heterocycles. The Hall–Kier alpha value is -2.96. The fourth-order valence-electron chi connectivity index (χ4n) is 1.68. The highest BCUT2D eigenvalue weighted by molar-refractivity contribution is 5.48. The third-order valence-corrected chi connectivity index (χ3v) is 2.58. The molecule has 0 saturated carbocycles. The van der Waals surface area contributed by atoms with E-state index in [-0.39, 0.29) is 0 Å². The van der Waals surface area contributed by atoms with E-state index < -0.39 is 0 Å². The van der Waals surface area contributed by atoms with Crippen LogP contribution in [0.2, 0.25) is 0 Å². The van der Waals surface area contributed by atoms with Crippen molar-refractivity contribution in [2.75, 3.05) is 5.32 Å². The molecule has 0 atom stereocenters. The maximum atomic E-state index is 5.03. The third kappa shape index (κ3) is 2.56. The zero-order valence-corrected chi connectivity index (χ0v) is 10.8. The lowest BCUT2D eigenvalue weighted by Crippen LogP contribution is -1.99. The Bertz CT molecular complexity index is 715. The van der Waals surface area contributed by atoms with Gasteiger partial charge in [-0.1, -0.05) is 23.4 Å². The molecule has 7 nitrogen and oxygen atoms in total. The molecule has 3 rings (SSSR count). The van der Waals surface area contributed by atoms with E-state index in [1.807, 2.05) is 37.3 Å². The summed E-state index contributed by atoms with van der Waals surface area (Å²) in [6.45, 7) is 1.86. The molecular weight excluding hydrogens is 256 g/mol. The summed E-state index contributed by atoms with van der Waals surface area (Å²) < 4.78 is 6.67. The van der Waals surface area contributed by atoms with E-state index in [0.29, 0.717) is 11.7 Å². The van der Waals surface area contributed by atoms with Crippen molar-refractivity contribution in [2.45, 2.75) is 6.92 Å². The van der Waals surface area contributed by atoms with Gasteiger partial charge in [0.1, 0.15) is 0 Å². The smallest absolute Gasteiger partial charge is 0.228 e. The van der Waals surface area contributed by atoms with Gasteiger partial charge in [-0.15, -0.1) is 5.10 Å². The molecular formula is C13H12N6O. The maximum Gasteiger partial charge on any atom is 0.228 e. The zero-order chi connectivity index (χ0) is 13.8. The minimum Gasteiger partial charge on any atom is -0.338 e. The molecule has 0 unspecified atom stereocenters. The van der Waals surface area contributed by atoms with Crippen molar-refractivity contribution in [3.8, 4) is 5.69 Å². The number of anilines is 1. The van der Waals surface area contributed by atoms with Crippen LogP contribution in [0.3, 0.4) is 0 Å². The van der Waals surface area contributed by atoms with Crippen LogP contribution in [-0.2, 0) is 0 Å². The first-order chi connectivity index (χ1) is 9.83. The number of para-hydroxylation sites is 1. The lowest BCUT2D eigenvalue weighted by atomic mass is 10.3. The molecule has 0 bridgehead atoms. The minimum atomic E-state index is 0.567. The van der Waals surface area contributed by atoms with Crippen molar-refractivity contribution in [1.29, 1.82) is 0 Å². The van der Waals surface area contributed by atoms with Crippen LogP contribution in [0.15, 0.2) is 47.1 Å². The van der Waals surface area contributed by atoms with Crippen molar-refractivity contribution in [3.63, 3.8) is 0 Å². The van der Waals surface area contributed by atoms with Crippen LogP contribution in [0.4, 0.5) is 5.88 Å². The molecule has 1 aromatic carbocycles. The highest BCUT2D eigenvalue weighted by atomic mass is 16.5. The average Bonchev–Trinajstić information content (AvgIpc) is 3.09. The summed E-state index contributed by atoms with van der Waals surface area (Å²) in [6.07, 6.45) is 3.45. The Morgan fingerprint density at radius 1 is 1.25 bits per heavy atom. The van der Waals surface area contributed by atoms with Crippen LogP contribution < -0.4 is 5.32 Å². The predicted octanol–water partition coefficient (Wildman–Crippen LogP) is 2.04. The van der Waals surface area contributed by atoms with Gasteiger partial charge in [-0.25, -0.2) is 0 Å². The summed E-state index contributed by atoms with van der Waals surface area (Å²) in [5, 5.41) is 18.3. The normalized spacial score (nSPS) is 11.1. The second-order valence-electron chi connectivity index (χ2n) is 4.09. The molecule has 7 heteroatoms. The lowest BCUT2D eigenvalue weighted by molar-refractivity contribution is 0.429. The fraction of sp³-hybridized carbons (Fsp3) is 0.0769. The molecule has 100 valence electrons. The Morgan fingerprint density at radius 2 is 2.10 bits per heavy atom. The average molecular weight is 268 g/mol. The zero-order valence-electron chi connectivity index (χ0n) is 10.8. The molecule has 0 aliphatic heterocycles. The lowest BCUT2D eigenvalue weighted by Gasteiger charge is -2.00. The summed E-state index contributed by atoms with van der Waals surface area (Å²) in [5.41, 5.74) is 1.71. The van der Waals surface area contributed by atoms with Gasteiger partial charge >= 0.3 is 0 Å². The summed E-state index contributed by atoms with van der Waals surface area (Å²) in [5.74, 6) is 1.18. The van der Waals surface area contributed by atoms with Gasteiger partial charge in [0.15, 0.2) is 5.82 Å². The quantitative estimate of drug-likeness (QED) is 0.779. The molecule has 0 aliphatic rings. The van der Waals surface area contributed by atoms with Crippen molar-refractivity contribution < 1.29 is 4.52 Å². The van der Waals surface area contributed by atoms with Crippen LogP contribution >= 0.6 is 0 Å². The first kappa shape index (κ1) is 12.1. The molecule has 20 heavy (non-hydrogen) atoms. The molecule has 0 fully saturated rings. The SMILES string of the molecule is Cc1cc(N/C=C\c2nnnn2-c2ccccc2)on1. The summed E-state index contributed by atoms with van der Waals surface area (Å²) in [6, 6.07) is 11.5. The molecule has 0 radical (unpaired) electrons. The van der Waals surface area contributed by atoms with E-state index in [2.05, 4.69) is 26.0 Å². The molecule has 0 amide bonds. The standard InChI is InChI=1S/C13H12N6O/c1-10-9-13(20-16-10)14-8-7-12-15-17-18-19(12)11-5-3-2-4-6-11/h2-9,14H,1H3/b8-7-. The minimum absolute atomic E-state index is 0.567. The second-order valence-corrected chi connectivity index (χ2v) is 4.09. The Morgan fingerprint density at radius 3 is 2.85 bits per heavy atom. The second kappa shape index (κ2) is 5.35. The van der Waals surface area contributed by atoms with Crippen molar-refractivity contribution in [1.82, 2.24) is 25.4 Å². The number of nitrogens with one attached hydrogen (secondary N) is 1. The van der Waals surface area contributed by atoms with Gasteiger partial charge in [-0.2, -0.15) is 4.68 Å². The van der Waals surface area contributed by atoms with Gasteiger partial charge in [0.2, 0.25) is 5.88 Å². The number of benzene rings is 1. The number of rotatable bonds is 4. The first-order valence-corrected chi connectivity index (χ1v) is 6.03. The van der Waals surface area contributed by atoms with Crippen LogP contribution in [0.25, 0.3) is 11.8 Å². The molecule has 3 aromatic rings. The van der Waals surface area contributed by atoms with Crippen molar-refractivity contribution in [3.05, 3.63) is 54.1 Å². The Kier molecular flexibility index (Phi) is 3.24. The van der Waals surface area contributed by atoms with E-state index in [9.17, 15) is 0 Å². The van der Waals surface area contributed by atoms with E-state index in [0.717, 1.165) is 11.4 Å². The maximum absolute atomic E-state index is 5.03. The summed E-state index contributed by atoms with van der Waals surface area (Å²) >= 11 is 0. The number of nitrogens with zero attached hydrogens (tertiary/aromatic N) is 5. The summed E-state index contributed by atoms with van der Waals surface area (Å²) in [4.78, 5) is 0. The molecule has 1 N–H and O–H groups in total. The fourth-order valence-corrected chi connectivity index (χ4v) is 1.68. The predicted molar refractivity (Wildman–Crippen MR) is 73.1 cm³/mol. The van der Waals surface area contributed by atoms with E-state index >= 15 is 0 Å². The molecule has 2 aromatic heterocycles. The first-order valence-electron chi connectivity index (χ1n) is 6.03. The largest absolute Gasteiger partial charge is 0.338 e. The number of hydrogen-bond acceptors (Lipinski definition) is 6. The van der Waals surface area contributed by atoms with Gasteiger partial charge in [0, 0.05) is 18.3 Å².